The summed E-state index contributed by atoms with van der Waals surface area (Å²) in [5.41, 5.74) is 8.89. The van der Waals surface area contributed by atoms with Gasteiger partial charge >= 0.3 is 0 Å². The fraction of sp³-hybridized carbons (Fsp3) is 0.385. The molecule has 0 aliphatic rings. The molecule has 0 aliphatic carbocycles. The molecule has 0 aromatic carbocycles. The van der Waals surface area contributed by atoms with Gasteiger partial charge in [-0.05, 0) is 18.6 Å². The Morgan fingerprint density at radius 1 is 1.53 bits per heavy atom. The van der Waals surface area contributed by atoms with Crippen LogP contribution in [0.4, 0.5) is 0 Å². The molecule has 2 rings (SSSR count). The number of hydrogen-bond donors (Lipinski definition) is 1. The van der Waals surface area contributed by atoms with Crippen LogP contribution < -0.4 is 5.73 Å². The van der Waals surface area contributed by atoms with Crippen molar-refractivity contribution < 1.29 is 4.74 Å². The number of halogens is 1. The summed E-state index contributed by atoms with van der Waals surface area (Å²) in [5, 5.41) is 4.78. The zero-order valence-corrected chi connectivity index (χ0v) is 11.8. The Morgan fingerprint density at radius 2 is 2.32 bits per heavy atom. The molecule has 0 spiro atoms. The Labute approximate surface area is 117 Å². The van der Waals surface area contributed by atoms with Crippen molar-refractivity contribution in [2.24, 2.45) is 5.73 Å². The SMILES string of the molecule is COCCn1ncc(Cl)c1C(N)c1ncccc1C. The smallest absolute Gasteiger partial charge is 0.0914 e. The molecule has 0 fully saturated rings. The van der Waals surface area contributed by atoms with E-state index >= 15 is 0 Å². The normalized spacial score (nSPS) is 12.6. The van der Waals surface area contributed by atoms with Crippen molar-refractivity contribution in [2.75, 3.05) is 13.7 Å². The van der Waals surface area contributed by atoms with Gasteiger partial charge in [0.15, 0.2) is 0 Å². The highest BCUT2D eigenvalue weighted by atomic mass is 35.5. The molecule has 6 heteroatoms. The van der Waals surface area contributed by atoms with Crippen LogP contribution in [0.2, 0.25) is 5.02 Å². The van der Waals surface area contributed by atoms with Gasteiger partial charge in [0, 0.05) is 13.3 Å². The topological polar surface area (TPSA) is 66.0 Å². The number of methoxy groups -OCH3 is 1. The molecule has 2 N–H and O–H groups in total. The minimum atomic E-state index is -0.395. The summed E-state index contributed by atoms with van der Waals surface area (Å²) in [6.45, 7) is 3.14. The number of nitrogens with zero attached hydrogens (tertiary/aromatic N) is 3. The number of nitrogens with two attached hydrogens (primary N) is 1. The predicted octanol–water partition coefficient (Wildman–Crippen LogP) is 1.93. The minimum Gasteiger partial charge on any atom is -0.383 e. The molecule has 0 bridgehead atoms. The fourth-order valence-corrected chi connectivity index (χ4v) is 2.25. The Bertz CT molecular complexity index is 555. The van der Waals surface area contributed by atoms with E-state index in [2.05, 4.69) is 10.1 Å². The monoisotopic (exact) mass is 280 g/mol. The second-order valence-corrected chi connectivity index (χ2v) is 4.68. The molecule has 2 heterocycles. The molecular weight excluding hydrogens is 264 g/mol. The standard InChI is InChI=1S/C13H17ClN4O/c1-9-4-3-5-16-12(9)11(15)13-10(14)8-17-18(13)6-7-19-2/h3-5,8,11H,6-7,15H2,1-2H3. The molecule has 19 heavy (non-hydrogen) atoms. The second-order valence-electron chi connectivity index (χ2n) is 4.28. The van der Waals surface area contributed by atoms with Gasteiger partial charge in [0.05, 0.1) is 41.8 Å². The number of ether oxygens (including phenoxy) is 1. The molecule has 5 nitrogen and oxygen atoms in total. The van der Waals surface area contributed by atoms with Crippen molar-refractivity contribution >= 4 is 11.6 Å². The molecule has 1 unspecified atom stereocenters. The van der Waals surface area contributed by atoms with Crippen LogP contribution in [0.3, 0.4) is 0 Å². The highest BCUT2D eigenvalue weighted by Crippen LogP contribution is 2.26. The first-order valence-corrected chi connectivity index (χ1v) is 6.40. The number of rotatable bonds is 5. The van der Waals surface area contributed by atoms with Gasteiger partial charge in [-0.25, -0.2) is 0 Å². The van der Waals surface area contributed by atoms with Gasteiger partial charge in [-0.3, -0.25) is 9.67 Å². The van der Waals surface area contributed by atoms with E-state index in [9.17, 15) is 0 Å². The lowest BCUT2D eigenvalue weighted by molar-refractivity contribution is 0.182. The quantitative estimate of drug-likeness (QED) is 0.909. The molecule has 0 saturated carbocycles. The average Bonchev–Trinajstić information content (AvgIpc) is 2.77. The Hall–Kier alpha value is -1.43. The van der Waals surface area contributed by atoms with Gasteiger partial charge in [0.2, 0.25) is 0 Å². The maximum Gasteiger partial charge on any atom is 0.0914 e. The number of pyridine rings is 1. The largest absolute Gasteiger partial charge is 0.383 e. The zero-order chi connectivity index (χ0) is 13.8. The van der Waals surface area contributed by atoms with E-state index < -0.39 is 6.04 Å². The van der Waals surface area contributed by atoms with E-state index in [0.717, 1.165) is 17.0 Å². The summed E-state index contributed by atoms with van der Waals surface area (Å²) in [6.07, 6.45) is 3.33. The lowest BCUT2D eigenvalue weighted by Crippen LogP contribution is -2.21. The van der Waals surface area contributed by atoms with Crippen LogP contribution in [0.1, 0.15) is 23.0 Å². The van der Waals surface area contributed by atoms with Gasteiger partial charge in [-0.2, -0.15) is 5.10 Å². The molecular formula is C13H17ClN4O. The maximum atomic E-state index is 6.29. The molecule has 2 aromatic rings. The van der Waals surface area contributed by atoms with Crippen molar-refractivity contribution in [1.29, 1.82) is 0 Å². The highest BCUT2D eigenvalue weighted by Gasteiger charge is 2.20. The van der Waals surface area contributed by atoms with Gasteiger partial charge in [0.25, 0.3) is 0 Å². The van der Waals surface area contributed by atoms with Crippen molar-refractivity contribution in [2.45, 2.75) is 19.5 Å². The van der Waals surface area contributed by atoms with E-state index in [-0.39, 0.29) is 0 Å². The first-order chi connectivity index (χ1) is 9.15. The summed E-state index contributed by atoms with van der Waals surface area (Å²) in [5.74, 6) is 0. The number of hydrogen-bond acceptors (Lipinski definition) is 4. The van der Waals surface area contributed by atoms with E-state index in [1.807, 2.05) is 19.1 Å². The molecule has 2 aromatic heterocycles. The van der Waals surface area contributed by atoms with Gasteiger partial charge in [-0.15, -0.1) is 0 Å². The third-order valence-corrected chi connectivity index (χ3v) is 3.27. The Kier molecular flexibility index (Phi) is 4.52. The van der Waals surface area contributed by atoms with Crippen LogP contribution in [0, 0.1) is 6.92 Å². The van der Waals surface area contributed by atoms with Crippen LogP contribution in [0.15, 0.2) is 24.5 Å². The first-order valence-electron chi connectivity index (χ1n) is 6.02. The fourth-order valence-electron chi connectivity index (χ4n) is 1.99. The molecule has 0 saturated heterocycles. The van der Waals surface area contributed by atoms with Gasteiger partial charge in [0.1, 0.15) is 0 Å². The molecule has 0 aliphatic heterocycles. The summed E-state index contributed by atoms with van der Waals surface area (Å²) < 4.78 is 6.83. The van der Waals surface area contributed by atoms with Crippen LogP contribution in [-0.4, -0.2) is 28.5 Å². The highest BCUT2D eigenvalue weighted by molar-refractivity contribution is 6.31. The second kappa shape index (κ2) is 6.14. The lowest BCUT2D eigenvalue weighted by atomic mass is 10.1. The van der Waals surface area contributed by atoms with Gasteiger partial charge < -0.3 is 10.5 Å². The van der Waals surface area contributed by atoms with Crippen molar-refractivity contribution in [3.8, 4) is 0 Å². The third kappa shape index (κ3) is 2.94. The Balaban J connectivity index is 2.35. The van der Waals surface area contributed by atoms with Crippen molar-refractivity contribution in [3.63, 3.8) is 0 Å². The van der Waals surface area contributed by atoms with Crippen LogP contribution in [0.5, 0.6) is 0 Å². The summed E-state index contributed by atoms with van der Waals surface area (Å²) in [4.78, 5) is 4.34. The van der Waals surface area contributed by atoms with E-state index in [1.165, 1.54) is 0 Å². The van der Waals surface area contributed by atoms with Crippen LogP contribution in [0.25, 0.3) is 0 Å². The predicted molar refractivity (Wildman–Crippen MR) is 74.1 cm³/mol. The van der Waals surface area contributed by atoms with Crippen LogP contribution >= 0.6 is 11.6 Å². The summed E-state index contributed by atoms with van der Waals surface area (Å²) >= 11 is 6.19. The van der Waals surface area contributed by atoms with Gasteiger partial charge in [-0.1, -0.05) is 17.7 Å². The number of aromatic nitrogens is 3. The lowest BCUT2D eigenvalue weighted by Gasteiger charge is -2.16. The first kappa shape index (κ1) is 14.0. The minimum absolute atomic E-state index is 0.395. The zero-order valence-electron chi connectivity index (χ0n) is 11.0. The van der Waals surface area contributed by atoms with Crippen molar-refractivity contribution in [1.82, 2.24) is 14.8 Å². The Morgan fingerprint density at radius 3 is 3.00 bits per heavy atom. The van der Waals surface area contributed by atoms with Crippen LogP contribution in [-0.2, 0) is 11.3 Å². The summed E-state index contributed by atoms with van der Waals surface area (Å²) in [6, 6.07) is 3.47. The van der Waals surface area contributed by atoms with E-state index in [0.29, 0.717) is 18.2 Å². The van der Waals surface area contributed by atoms with E-state index in [4.69, 9.17) is 22.1 Å². The number of aryl methyl sites for hydroxylation is 1. The maximum absolute atomic E-state index is 6.29. The molecule has 0 radical (unpaired) electrons. The average molecular weight is 281 g/mol. The summed E-state index contributed by atoms with van der Waals surface area (Å²) in [7, 11) is 1.65. The van der Waals surface area contributed by atoms with Crippen molar-refractivity contribution in [3.05, 3.63) is 46.5 Å². The third-order valence-electron chi connectivity index (χ3n) is 2.98. The molecule has 102 valence electrons. The molecule has 1 atom stereocenters. The van der Waals surface area contributed by atoms with E-state index in [1.54, 1.807) is 24.2 Å². The molecule has 0 amide bonds.